The highest BCUT2D eigenvalue weighted by Crippen LogP contribution is 2.29. The van der Waals surface area contributed by atoms with Gasteiger partial charge in [0.1, 0.15) is 17.5 Å². The van der Waals surface area contributed by atoms with Crippen molar-refractivity contribution in [3.05, 3.63) is 82.7 Å². The summed E-state index contributed by atoms with van der Waals surface area (Å²) < 4.78 is 33.2. The zero-order valence-corrected chi connectivity index (χ0v) is 23.9. The molecular formula is C31H37F2N7O2. The van der Waals surface area contributed by atoms with Crippen LogP contribution >= 0.6 is 0 Å². The molecule has 11 heteroatoms. The van der Waals surface area contributed by atoms with Crippen molar-refractivity contribution in [2.75, 3.05) is 62.4 Å². The van der Waals surface area contributed by atoms with Gasteiger partial charge in [-0.05, 0) is 61.9 Å². The fourth-order valence-corrected chi connectivity index (χ4v) is 5.35. The second kappa shape index (κ2) is 12.8. The molecule has 1 unspecified atom stereocenters. The van der Waals surface area contributed by atoms with Gasteiger partial charge >= 0.3 is 0 Å². The molecule has 0 aliphatic carbocycles. The number of anilines is 3. The predicted molar refractivity (Wildman–Crippen MR) is 160 cm³/mol. The van der Waals surface area contributed by atoms with E-state index in [0.29, 0.717) is 35.7 Å². The van der Waals surface area contributed by atoms with Crippen LogP contribution in [0.3, 0.4) is 0 Å². The number of benzene rings is 2. The number of piperazine rings is 1. The Kier molecular flexibility index (Phi) is 8.98. The Morgan fingerprint density at radius 3 is 2.43 bits per heavy atom. The number of aromatic nitrogens is 1. The number of hydrogen-bond acceptors (Lipinski definition) is 8. The van der Waals surface area contributed by atoms with E-state index in [1.165, 1.54) is 18.3 Å². The highest BCUT2D eigenvalue weighted by molar-refractivity contribution is 6.15. The van der Waals surface area contributed by atoms with Crippen molar-refractivity contribution in [2.24, 2.45) is 0 Å². The Morgan fingerprint density at radius 1 is 1.05 bits per heavy atom. The quantitative estimate of drug-likeness (QED) is 0.246. The molecule has 1 amide bonds. The van der Waals surface area contributed by atoms with Crippen LogP contribution in [0, 0.1) is 17.0 Å². The largest absolute Gasteiger partial charge is 0.397 e. The first-order valence-electron chi connectivity index (χ1n) is 14.2. The van der Waals surface area contributed by atoms with E-state index in [1.54, 1.807) is 19.1 Å². The maximum atomic E-state index is 13.8. The van der Waals surface area contributed by atoms with E-state index < -0.39 is 23.5 Å². The third-order valence-corrected chi connectivity index (χ3v) is 7.99. The van der Waals surface area contributed by atoms with Crippen molar-refractivity contribution < 1.29 is 18.3 Å². The smallest absolute Gasteiger partial charge is 0.258 e. The monoisotopic (exact) mass is 577 g/mol. The van der Waals surface area contributed by atoms with Gasteiger partial charge in [0.2, 0.25) is 0 Å². The maximum absolute atomic E-state index is 13.8. The zero-order chi connectivity index (χ0) is 29.8. The average Bonchev–Trinajstić information content (AvgIpc) is 2.97. The third kappa shape index (κ3) is 6.85. The van der Waals surface area contributed by atoms with Crippen molar-refractivity contribution in [1.82, 2.24) is 15.2 Å². The number of carbonyl (C=O) groups excluding carboxylic acids is 1. The molecule has 1 atom stereocenters. The van der Waals surface area contributed by atoms with Crippen LogP contribution in [0.2, 0.25) is 0 Å². The molecule has 3 aromatic rings. The molecule has 5 rings (SSSR count). The highest BCUT2D eigenvalue weighted by Gasteiger charge is 2.23. The van der Waals surface area contributed by atoms with Crippen LogP contribution in [0.25, 0.3) is 0 Å². The molecule has 2 fully saturated rings. The van der Waals surface area contributed by atoms with E-state index in [9.17, 15) is 13.6 Å². The summed E-state index contributed by atoms with van der Waals surface area (Å²) in [5, 5.41) is 14.9. The number of likely N-dealkylation sites (N-methyl/N-ethyl adjacent to an activating group) is 1. The summed E-state index contributed by atoms with van der Waals surface area (Å²) in [7, 11) is 2.11. The first kappa shape index (κ1) is 29.4. The Morgan fingerprint density at radius 2 is 1.74 bits per heavy atom. The average molecular weight is 578 g/mol. The van der Waals surface area contributed by atoms with Crippen molar-refractivity contribution in [2.45, 2.75) is 31.7 Å². The lowest BCUT2D eigenvalue weighted by Gasteiger charge is -2.34. The number of pyridine rings is 1. The van der Waals surface area contributed by atoms with Crippen LogP contribution in [0.15, 0.2) is 48.7 Å². The SMILES string of the molecule is CC(c1cc(F)cc(F)c1)c1cc(C(=N)NC(=O)c2ccc(N3CCN(C)CC3)cc2NC2CCOCC2)c(N)cn1. The molecule has 42 heavy (non-hydrogen) atoms. The van der Waals surface area contributed by atoms with Gasteiger partial charge in [0.15, 0.2) is 0 Å². The molecule has 2 aliphatic heterocycles. The number of carbonyl (C=O) groups is 1. The van der Waals surface area contributed by atoms with Gasteiger partial charge in [-0.25, -0.2) is 8.78 Å². The predicted octanol–water partition coefficient (Wildman–Crippen LogP) is 4.19. The van der Waals surface area contributed by atoms with E-state index >= 15 is 0 Å². The molecular weight excluding hydrogens is 540 g/mol. The Hall–Kier alpha value is -4.09. The molecule has 222 valence electrons. The fraction of sp³-hybridized carbons (Fsp3) is 0.387. The van der Waals surface area contributed by atoms with E-state index in [-0.39, 0.29) is 23.1 Å². The first-order valence-corrected chi connectivity index (χ1v) is 14.2. The van der Waals surface area contributed by atoms with E-state index in [0.717, 1.165) is 50.8 Å². The van der Waals surface area contributed by atoms with Gasteiger partial charge in [0.05, 0.1) is 17.4 Å². The van der Waals surface area contributed by atoms with Gasteiger partial charge in [-0.15, -0.1) is 0 Å². The summed E-state index contributed by atoms with van der Waals surface area (Å²) in [6.45, 7) is 6.80. The molecule has 2 aromatic carbocycles. The second-order valence-electron chi connectivity index (χ2n) is 11.0. The summed E-state index contributed by atoms with van der Waals surface area (Å²) in [6.07, 6.45) is 3.05. The number of hydrogen-bond donors (Lipinski definition) is 4. The first-order chi connectivity index (χ1) is 20.2. The standard InChI is InChI=1S/C31H37F2N7O2/c1-19(20-13-21(32)15-22(33)14-20)28-17-26(27(34)18-36-28)30(35)38-31(41)25-4-3-24(40-9-7-39(2)8-10-40)16-29(25)37-23-5-11-42-12-6-23/h3-4,13-19,23,37H,5-12,34H2,1-2H3,(H2,35,38,41). The molecule has 0 bridgehead atoms. The van der Waals surface area contributed by atoms with Crippen LogP contribution in [-0.2, 0) is 4.74 Å². The minimum atomic E-state index is -0.684. The number of nitrogens with one attached hydrogen (secondary N) is 3. The maximum Gasteiger partial charge on any atom is 0.258 e. The lowest BCUT2D eigenvalue weighted by atomic mass is 9.95. The number of amides is 1. The fourth-order valence-electron chi connectivity index (χ4n) is 5.35. The van der Waals surface area contributed by atoms with E-state index in [2.05, 4.69) is 32.5 Å². The summed E-state index contributed by atoms with van der Waals surface area (Å²) in [5.74, 6) is -2.49. The van der Waals surface area contributed by atoms with Gasteiger partial charge in [-0.1, -0.05) is 6.92 Å². The lowest BCUT2D eigenvalue weighted by Crippen LogP contribution is -2.44. The number of ether oxygens (including phenoxy) is 1. The van der Waals surface area contributed by atoms with Gasteiger partial charge < -0.3 is 30.9 Å². The van der Waals surface area contributed by atoms with Crippen molar-refractivity contribution in [3.8, 4) is 0 Å². The van der Waals surface area contributed by atoms with E-state index in [1.807, 2.05) is 12.1 Å². The Labute approximate surface area is 244 Å². The van der Waals surface area contributed by atoms with Crippen LogP contribution in [-0.4, -0.2) is 74.1 Å². The molecule has 3 heterocycles. The van der Waals surface area contributed by atoms with Gasteiger partial charge in [-0.2, -0.15) is 0 Å². The second-order valence-corrected chi connectivity index (χ2v) is 11.0. The molecule has 2 saturated heterocycles. The van der Waals surface area contributed by atoms with Crippen LogP contribution in [0.1, 0.15) is 52.9 Å². The molecule has 0 spiro atoms. The summed E-state index contributed by atoms with van der Waals surface area (Å²) in [5.41, 5.74) is 9.64. The molecule has 0 radical (unpaired) electrons. The van der Waals surface area contributed by atoms with Crippen LogP contribution < -0.4 is 21.3 Å². The number of nitrogen functional groups attached to an aromatic ring is 1. The van der Waals surface area contributed by atoms with Crippen LogP contribution in [0.4, 0.5) is 25.8 Å². The van der Waals surface area contributed by atoms with Crippen molar-refractivity contribution in [3.63, 3.8) is 0 Å². The molecule has 1 aromatic heterocycles. The highest BCUT2D eigenvalue weighted by atomic mass is 19.1. The normalized spacial score (nSPS) is 17.1. The zero-order valence-electron chi connectivity index (χ0n) is 23.9. The lowest BCUT2D eigenvalue weighted by molar-refractivity contribution is 0.0904. The molecule has 0 saturated carbocycles. The van der Waals surface area contributed by atoms with Gasteiger partial charge in [0, 0.05) is 80.1 Å². The van der Waals surface area contributed by atoms with Crippen LogP contribution in [0.5, 0.6) is 0 Å². The van der Waals surface area contributed by atoms with Crippen molar-refractivity contribution in [1.29, 1.82) is 5.41 Å². The summed E-state index contributed by atoms with van der Waals surface area (Å²) in [6, 6.07) is 10.8. The molecule has 5 N–H and O–H groups in total. The Balaban J connectivity index is 1.37. The third-order valence-electron chi connectivity index (χ3n) is 7.99. The number of nitrogens with zero attached hydrogens (tertiary/aromatic N) is 3. The summed E-state index contributed by atoms with van der Waals surface area (Å²) in [4.78, 5) is 22.5. The Bertz CT molecular complexity index is 1430. The molecule has 9 nitrogen and oxygen atoms in total. The number of rotatable bonds is 7. The topological polar surface area (TPSA) is 120 Å². The number of halogens is 2. The number of nitrogens with two attached hydrogens (primary N) is 1. The molecule has 2 aliphatic rings. The van der Waals surface area contributed by atoms with E-state index in [4.69, 9.17) is 15.9 Å². The number of amidine groups is 1. The minimum Gasteiger partial charge on any atom is -0.397 e. The van der Waals surface area contributed by atoms with Gasteiger partial charge in [0.25, 0.3) is 5.91 Å². The minimum absolute atomic E-state index is 0.167. The van der Waals surface area contributed by atoms with Gasteiger partial charge in [-0.3, -0.25) is 15.2 Å². The van der Waals surface area contributed by atoms with Crippen molar-refractivity contribution >= 4 is 28.8 Å². The summed E-state index contributed by atoms with van der Waals surface area (Å²) >= 11 is 0.